The fraction of sp³-hybridized carbons (Fsp3) is 0.524. The van der Waals surface area contributed by atoms with Gasteiger partial charge in [-0.25, -0.2) is 4.39 Å². The summed E-state index contributed by atoms with van der Waals surface area (Å²) in [6.07, 6.45) is 6.99. The summed E-state index contributed by atoms with van der Waals surface area (Å²) in [5.41, 5.74) is 0.366. The normalized spacial score (nSPS) is 17.5. The van der Waals surface area contributed by atoms with Gasteiger partial charge in [-0.15, -0.1) is 6.42 Å². The first-order valence-corrected chi connectivity index (χ1v) is 8.98. The van der Waals surface area contributed by atoms with Crippen molar-refractivity contribution in [1.82, 2.24) is 9.80 Å². The maximum absolute atomic E-state index is 13.1. The molecule has 0 aromatic heterocycles. The van der Waals surface area contributed by atoms with Crippen LogP contribution in [0.2, 0.25) is 0 Å². The molecule has 0 bridgehead atoms. The fourth-order valence-electron chi connectivity index (χ4n) is 3.23. The Morgan fingerprint density at radius 1 is 1.31 bits per heavy atom. The molecule has 0 saturated carbocycles. The van der Waals surface area contributed by atoms with Crippen LogP contribution in [-0.4, -0.2) is 41.2 Å². The van der Waals surface area contributed by atoms with Gasteiger partial charge in [-0.2, -0.15) is 0 Å². The van der Waals surface area contributed by atoms with E-state index in [2.05, 4.69) is 5.92 Å². The summed E-state index contributed by atoms with van der Waals surface area (Å²) in [4.78, 5) is 28.9. The highest BCUT2D eigenvalue weighted by Gasteiger charge is 2.34. The van der Waals surface area contributed by atoms with Crippen molar-refractivity contribution in [1.29, 1.82) is 0 Å². The third kappa shape index (κ3) is 5.08. The first kappa shape index (κ1) is 20.0. The van der Waals surface area contributed by atoms with Crippen LogP contribution >= 0.6 is 0 Å². The third-order valence-corrected chi connectivity index (χ3v) is 4.58. The highest BCUT2D eigenvalue weighted by atomic mass is 19.1. The van der Waals surface area contributed by atoms with Gasteiger partial charge in [0, 0.05) is 25.0 Å². The SMILES string of the molecule is C#CCN(Cc1ccc(F)cc1)C(=O)C1CCCN(C(=O)C(C)(C)C)C1. The van der Waals surface area contributed by atoms with E-state index in [-0.39, 0.29) is 30.1 Å². The maximum atomic E-state index is 13.1. The van der Waals surface area contributed by atoms with Gasteiger partial charge < -0.3 is 9.80 Å². The van der Waals surface area contributed by atoms with Crippen molar-refractivity contribution in [3.63, 3.8) is 0 Å². The molecule has 1 fully saturated rings. The Bertz CT molecular complexity index is 685. The predicted octanol–water partition coefficient (Wildman–Crippen LogP) is 3.07. The minimum absolute atomic E-state index is 0.0429. The lowest BCUT2D eigenvalue weighted by Crippen LogP contribution is -2.49. The summed E-state index contributed by atoms with van der Waals surface area (Å²) in [5.74, 6) is 1.99. The van der Waals surface area contributed by atoms with Crippen LogP contribution in [0.5, 0.6) is 0 Å². The molecule has 0 radical (unpaired) electrons. The third-order valence-electron chi connectivity index (χ3n) is 4.58. The molecule has 0 spiro atoms. The summed E-state index contributed by atoms with van der Waals surface area (Å²) in [6, 6.07) is 6.06. The van der Waals surface area contributed by atoms with Crippen LogP contribution in [0.15, 0.2) is 24.3 Å². The predicted molar refractivity (Wildman–Crippen MR) is 99.4 cm³/mol. The average molecular weight is 358 g/mol. The van der Waals surface area contributed by atoms with Crippen molar-refractivity contribution in [3.05, 3.63) is 35.6 Å². The van der Waals surface area contributed by atoms with Gasteiger partial charge in [0.1, 0.15) is 5.82 Å². The first-order chi connectivity index (χ1) is 12.2. The van der Waals surface area contributed by atoms with Gasteiger partial charge in [-0.05, 0) is 30.5 Å². The number of piperidine rings is 1. The van der Waals surface area contributed by atoms with Crippen LogP contribution in [0.3, 0.4) is 0 Å². The number of amides is 2. The number of halogens is 1. The summed E-state index contributed by atoms with van der Waals surface area (Å²) in [6.45, 7) is 7.32. The van der Waals surface area contributed by atoms with Crippen LogP contribution in [0.25, 0.3) is 0 Å². The Morgan fingerprint density at radius 3 is 2.54 bits per heavy atom. The topological polar surface area (TPSA) is 40.6 Å². The lowest BCUT2D eigenvalue weighted by molar-refractivity contribution is -0.145. The molecule has 1 saturated heterocycles. The molecule has 1 aliphatic heterocycles. The molecule has 1 unspecified atom stereocenters. The van der Waals surface area contributed by atoms with E-state index in [4.69, 9.17) is 6.42 Å². The monoisotopic (exact) mass is 358 g/mol. The molecule has 1 heterocycles. The second kappa shape index (κ2) is 8.35. The number of nitrogens with zero attached hydrogens (tertiary/aromatic N) is 2. The molecule has 26 heavy (non-hydrogen) atoms. The average Bonchev–Trinajstić information content (AvgIpc) is 2.61. The van der Waals surface area contributed by atoms with Crippen molar-refractivity contribution < 1.29 is 14.0 Å². The van der Waals surface area contributed by atoms with Gasteiger partial charge in [0.2, 0.25) is 11.8 Å². The molecule has 2 rings (SSSR count). The number of terminal acetylenes is 1. The molecule has 5 heteroatoms. The lowest BCUT2D eigenvalue weighted by Gasteiger charge is -2.37. The Morgan fingerprint density at radius 2 is 1.96 bits per heavy atom. The van der Waals surface area contributed by atoms with E-state index in [1.165, 1.54) is 12.1 Å². The van der Waals surface area contributed by atoms with Gasteiger partial charge in [-0.3, -0.25) is 9.59 Å². The molecule has 140 valence electrons. The minimum atomic E-state index is -0.461. The number of benzene rings is 1. The van der Waals surface area contributed by atoms with Crippen LogP contribution in [0.1, 0.15) is 39.2 Å². The molecular weight excluding hydrogens is 331 g/mol. The molecule has 1 aromatic carbocycles. The van der Waals surface area contributed by atoms with Gasteiger partial charge in [0.15, 0.2) is 0 Å². The van der Waals surface area contributed by atoms with Crippen LogP contribution in [-0.2, 0) is 16.1 Å². The van der Waals surface area contributed by atoms with E-state index in [1.807, 2.05) is 20.8 Å². The maximum Gasteiger partial charge on any atom is 0.228 e. The van der Waals surface area contributed by atoms with Gasteiger partial charge in [0.05, 0.1) is 12.5 Å². The molecule has 4 nitrogen and oxygen atoms in total. The number of rotatable bonds is 4. The Kier molecular flexibility index (Phi) is 6.42. The minimum Gasteiger partial charge on any atom is -0.341 e. The molecule has 2 amide bonds. The van der Waals surface area contributed by atoms with E-state index in [1.54, 1.807) is 21.9 Å². The van der Waals surface area contributed by atoms with E-state index in [9.17, 15) is 14.0 Å². The molecule has 0 aliphatic carbocycles. The zero-order chi connectivity index (χ0) is 19.3. The highest BCUT2D eigenvalue weighted by Crippen LogP contribution is 2.25. The van der Waals surface area contributed by atoms with Crippen molar-refractivity contribution in [2.75, 3.05) is 19.6 Å². The molecule has 1 aliphatic rings. The largest absolute Gasteiger partial charge is 0.341 e. The van der Waals surface area contributed by atoms with E-state index < -0.39 is 5.41 Å². The van der Waals surface area contributed by atoms with Gasteiger partial charge >= 0.3 is 0 Å². The molecular formula is C21H27FN2O2. The zero-order valence-corrected chi connectivity index (χ0v) is 15.8. The Balaban J connectivity index is 2.09. The standard InChI is InChI=1S/C21H27FN2O2/c1-5-12-23(14-16-8-10-18(22)11-9-16)19(25)17-7-6-13-24(15-17)20(26)21(2,3)4/h1,8-11,17H,6-7,12-15H2,2-4H3. The molecule has 0 N–H and O–H groups in total. The summed E-state index contributed by atoms with van der Waals surface area (Å²) >= 11 is 0. The van der Waals surface area contributed by atoms with Crippen LogP contribution in [0, 0.1) is 29.5 Å². The molecule has 1 aromatic rings. The van der Waals surface area contributed by atoms with Crippen molar-refractivity contribution in [2.24, 2.45) is 11.3 Å². The zero-order valence-electron chi connectivity index (χ0n) is 15.8. The van der Waals surface area contributed by atoms with Crippen molar-refractivity contribution >= 4 is 11.8 Å². The summed E-state index contributed by atoms with van der Waals surface area (Å²) in [7, 11) is 0. The van der Waals surface area contributed by atoms with Gasteiger partial charge in [0.25, 0.3) is 0 Å². The highest BCUT2D eigenvalue weighted by molar-refractivity contribution is 5.84. The second-order valence-electron chi connectivity index (χ2n) is 7.87. The Hall–Kier alpha value is -2.35. The van der Waals surface area contributed by atoms with Crippen molar-refractivity contribution in [3.8, 4) is 12.3 Å². The van der Waals surface area contributed by atoms with E-state index >= 15 is 0 Å². The number of carbonyl (C=O) groups is 2. The van der Waals surface area contributed by atoms with E-state index in [0.29, 0.717) is 19.6 Å². The number of hydrogen-bond donors (Lipinski definition) is 0. The lowest BCUT2D eigenvalue weighted by atomic mass is 9.90. The summed E-state index contributed by atoms with van der Waals surface area (Å²) < 4.78 is 13.1. The number of carbonyl (C=O) groups excluding carboxylic acids is 2. The second-order valence-corrected chi connectivity index (χ2v) is 7.87. The van der Waals surface area contributed by atoms with E-state index in [0.717, 1.165) is 18.4 Å². The van der Waals surface area contributed by atoms with Crippen LogP contribution in [0.4, 0.5) is 4.39 Å². The quantitative estimate of drug-likeness (QED) is 0.776. The number of hydrogen-bond acceptors (Lipinski definition) is 2. The Labute approximate surface area is 155 Å². The molecule has 1 atom stereocenters. The van der Waals surface area contributed by atoms with Crippen LogP contribution < -0.4 is 0 Å². The summed E-state index contributed by atoms with van der Waals surface area (Å²) in [5, 5.41) is 0. The fourth-order valence-corrected chi connectivity index (χ4v) is 3.23. The van der Waals surface area contributed by atoms with Crippen molar-refractivity contribution in [2.45, 2.75) is 40.2 Å². The number of likely N-dealkylation sites (tertiary alicyclic amines) is 1. The van der Waals surface area contributed by atoms with Gasteiger partial charge in [-0.1, -0.05) is 38.8 Å². The smallest absolute Gasteiger partial charge is 0.228 e. The first-order valence-electron chi connectivity index (χ1n) is 8.98.